The summed E-state index contributed by atoms with van der Waals surface area (Å²) in [5.41, 5.74) is 5.17. The number of hydrogen-bond acceptors (Lipinski definition) is 4. The summed E-state index contributed by atoms with van der Waals surface area (Å²) in [6, 6.07) is 22.8. The molecule has 0 aromatic heterocycles. The Morgan fingerprint density at radius 2 is 1.64 bits per heavy atom. The Kier molecular flexibility index (Phi) is 6.51. The monoisotopic (exact) mass is 443 g/mol. The van der Waals surface area contributed by atoms with Crippen LogP contribution in [0.2, 0.25) is 0 Å². The molecular weight excluding hydrogens is 418 g/mol. The van der Waals surface area contributed by atoms with Gasteiger partial charge < -0.3 is 10.2 Å². The molecule has 33 heavy (non-hydrogen) atoms. The van der Waals surface area contributed by atoms with Crippen molar-refractivity contribution in [3.63, 3.8) is 0 Å². The van der Waals surface area contributed by atoms with Gasteiger partial charge >= 0.3 is 0 Å². The van der Waals surface area contributed by atoms with Crippen LogP contribution in [0.5, 0.6) is 0 Å². The van der Waals surface area contributed by atoms with E-state index in [-0.39, 0.29) is 18.4 Å². The van der Waals surface area contributed by atoms with E-state index in [0.717, 1.165) is 16.7 Å². The minimum Gasteiger partial charge on any atom is -0.342 e. The number of hydrogen-bond donors (Lipinski definition) is 3. The normalized spacial score (nSPS) is 18.1. The molecule has 3 N–H and O–H groups in total. The maximum absolute atomic E-state index is 13.3. The van der Waals surface area contributed by atoms with Crippen LogP contribution in [0.3, 0.4) is 0 Å². The van der Waals surface area contributed by atoms with Gasteiger partial charge in [0.2, 0.25) is 11.8 Å². The molecule has 1 aliphatic rings. The van der Waals surface area contributed by atoms with Crippen LogP contribution in [0.25, 0.3) is 11.1 Å². The predicted molar refractivity (Wildman–Crippen MR) is 123 cm³/mol. The van der Waals surface area contributed by atoms with Gasteiger partial charge in [0.1, 0.15) is 12.1 Å². The van der Waals surface area contributed by atoms with Gasteiger partial charge in [-0.25, -0.2) is 5.48 Å². The van der Waals surface area contributed by atoms with Crippen LogP contribution in [-0.4, -0.2) is 39.9 Å². The second-order valence-corrected chi connectivity index (χ2v) is 8.08. The highest BCUT2D eigenvalue weighted by molar-refractivity contribution is 6.00. The van der Waals surface area contributed by atoms with E-state index in [0.29, 0.717) is 17.5 Å². The lowest BCUT2D eigenvalue weighted by atomic mass is 9.95. The zero-order chi connectivity index (χ0) is 23.4. The summed E-state index contributed by atoms with van der Waals surface area (Å²) in [5, 5.41) is 12.0. The molecule has 1 fully saturated rings. The second kappa shape index (κ2) is 9.67. The fraction of sp³-hybridized carbons (Fsp3) is 0.192. The van der Waals surface area contributed by atoms with Crippen molar-refractivity contribution in [1.29, 1.82) is 0 Å². The van der Waals surface area contributed by atoms with Crippen LogP contribution in [0.1, 0.15) is 28.4 Å². The van der Waals surface area contributed by atoms with E-state index < -0.39 is 18.0 Å². The van der Waals surface area contributed by atoms with Gasteiger partial charge in [-0.3, -0.25) is 19.6 Å². The van der Waals surface area contributed by atoms with Crippen LogP contribution >= 0.6 is 0 Å². The summed E-state index contributed by atoms with van der Waals surface area (Å²) in [7, 11) is 0. The van der Waals surface area contributed by atoms with E-state index in [2.05, 4.69) is 5.32 Å². The Morgan fingerprint density at radius 3 is 2.30 bits per heavy atom. The molecule has 3 amide bonds. The molecule has 7 nitrogen and oxygen atoms in total. The van der Waals surface area contributed by atoms with Gasteiger partial charge in [0.25, 0.3) is 5.91 Å². The smallest absolute Gasteiger partial charge is 0.275 e. The first kappa shape index (κ1) is 22.2. The third-order valence-electron chi connectivity index (χ3n) is 5.90. The quantitative estimate of drug-likeness (QED) is 0.403. The molecule has 1 heterocycles. The van der Waals surface area contributed by atoms with Crippen LogP contribution in [0, 0.1) is 0 Å². The van der Waals surface area contributed by atoms with Gasteiger partial charge in [-0.2, -0.15) is 0 Å². The second-order valence-electron chi connectivity index (χ2n) is 8.08. The van der Waals surface area contributed by atoms with E-state index in [9.17, 15) is 14.4 Å². The number of carbonyl (C=O) groups excluding carboxylic acids is 3. The average Bonchev–Trinajstić information content (AvgIpc) is 2.85. The molecule has 0 saturated carbocycles. The fourth-order valence-corrected chi connectivity index (χ4v) is 4.09. The van der Waals surface area contributed by atoms with Crippen molar-refractivity contribution in [2.45, 2.75) is 32.0 Å². The van der Waals surface area contributed by atoms with Gasteiger partial charge in [-0.1, -0.05) is 66.7 Å². The van der Waals surface area contributed by atoms with Crippen LogP contribution in [0.4, 0.5) is 0 Å². The van der Waals surface area contributed by atoms with E-state index in [1.54, 1.807) is 29.4 Å². The van der Waals surface area contributed by atoms with Crippen molar-refractivity contribution in [2.24, 2.45) is 0 Å². The third kappa shape index (κ3) is 4.78. The molecule has 0 aliphatic carbocycles. The molecule has 0 radical (unpaired) electrons. The Morgan fingerprint density at radius 1 is 0.970 bits per heavy atom. The molecular formula is C26H25N3O4. The highest BCUT2D eigenvalue weighted by Gasteiger charge is 2.38. The van der Waals surface area contributed by atoms with E-state index in [4.69, 9.17) is 5.21 Å². The number of hydroxylamine groups is 1. The molecule has 0 spiro atoms. The fourth-order valence-electron chi connectivity index (χ4n) is 4.09. The van der Waals surface area contributed by atoms with Gasteiger partial charge in [0.05, 0.1) is 0 Å². The molecule has 0 bridgehead atoms. The van der Waals surface area contributed by atoms with Crippen molar-refractivity contribution in [3.05, 3.63) is 95.6 Å². The molecule has 1 saturated heterocycles. The highest BCUT2D eigenvalue weighted by atomic mass is 16.5. The molecule has 1 aliphatic heterocycles. The lowest BCUT2D eigenvalue weighted by molar-refractivity contribution is -0.149. The summed E-state index contributed by atoms with van der Waals surface area (Å²) in [6.45, 7) is 1.93. The van der Waals surface area contributed by atoms with Gasteiger partial charge in [0, 0.05) is 18.5 Å². The number of amides is 3. The lowest BCUT2D eigenvalue weighted by Gasteiger charge is -2.37. The Labute approximate surface area is 192 Å². The molecule has 2 atom stereocenters. The van der Waals surface area contributed by atoms with Crippen LogP contribution in [0.15, 0.2) is 78.9 Å². The number of piperazine rings is 1. The molecule has 3 aromatic carbocycles. The summed E-state index contributed by atoms with van der Waals surface area (Å²) in [6.07, 6.45) is 0.416. The molecule has 2 unspecified atom stereocenters. The molecule has 168 valence electrons. The van der Waals surface area contributed by atoms with Crippen LogP contribution < -0.4 is 10.8 Å². The number of carbonyl (C=O) groups is 3. The highest BCUT2D eigenvalue weighted by Crippen LogP contribution is 2.27. The van der Waals surface area contributed by atoms with E-state index in [1.165, 1.54) is 0 Å². The Hall–Kier alpha value is -3.97. The number of nitrogens with zero attached hydrogens (tertiary/aromatic N) is 1. The number of benzene rings is 3. The first-order valence-electron chi connectivity index (χ1n) is 10.8. The van der Waals surface area contributed by atoms with E-state index >= 15 is 0 Å². The predicted octanol–water partition coefficient (Wildman–Crippen LogP) is 2.93. The van der Waals surface area contributed by atoms with Crippen molar-refractivity contribution >= 4 is 17.7 Å². The number of nitrogens with one attached hydrogen (secondary N) is 2. The van der Waals surface area contributed by atoms with Crippen molar-refractivity contribution < 1.29 is 19.6 Å². The SMILES string of the molecule is CC1C(=O)NC(Cc2ccccc2)C(=O)N1Cc1ccc(C(=O)NO)c(-c2ccccc2)c1. The molecule has 4 rings (SSSR count). The molecule has 3 aromatic rings. The van der Waals surface area contributed by atoms with E-state index in [1.807, 2.05) is 66.7 Å². The maximum Gasteiger partial charge on any atom is 0.275 e. The minimum absolute atomic E-state index is 0.149. The summed E-state index contributed by atoms with van der Waals surface area (Å²) in [4.78, 5) is 39.7. The lowest BCUT2D eigenvalue weighted by Crippen LogP contribution is -2.62. The Balaban J connectivity index is 1.63. The van der Waals surface area contributed by atoms with Gasteiger partial charge in [0.15, 0.2) is 0 Å². The van der Waals surface area contributed by atoms with Gasteiger partial charge in [-0.15, -0.1) is 0 Å². The zero-order valence-electron chi connectivity index (χ0n) is 18.2. The zero-order valence-corrected chi connectivity index (χ0v) is 18.2. The van der Waals surface area contributed by atoms with Crippen molar-refractivity contribution in [3.8, 4) is 11.1 Å². The van der Waals surface area contributed by atoms with Crippen molar-refractivity contribution in [1.82, 2.24) is 15.7 Å². The number of rotatable bonds is 6. The Bertz CT molecular complexity index is 1160. The summed E-state index contributed by atoms with van der Waals surface area (Å²) < 4.78 is 0. The minimum atomic E-state index is -0.635. The standard InChI is InChI=1S/C26H25N3O4/c1-17-24(30)27-23(15-18-8-4-2-5-9-18)26(32)29(17)16-19-12-13-21(25(31)28-33)22(14-19)20-10-6-3-7-11-20/h2-14,17,23,33H,15-16H2,1H3,(H,27,30)(H,28,31). The first-order chi connectivity index (χ1) is 16.0. The molecule has 7 heteroatoms. The topological polar surface area (TPSA) is 98.7 Å². The van der Waals surface area contributed by atoms with Crippen LogP contribution in [-0.2, 0) is 22.6 Å². The summed E-state index contributed by atoms with van der Waals surface area (Å²) in [5.74, 6) is -0.968. The largest absolute Gasteiger partial charge is 0.342 e. The third-order valence-corrected chi connectivity index (χ3v) is 5.90. The average molecular weight is 444 g/mol. The van der Waals surface area contributed by atoms with Crippen molar-refractivity contribution in [2.75, 3.05) is 0 Å². The first-order valence-corrected chi connectivity index (χ1v) is 10.8. The van der Waals surface area contributed by atoms with Gasteiger partial charge in [-0.05, 0) is 41.3 Å². The summed E-state index contributed by atoms with van der Waals surface area (Å²) >= 11 is 0. The maximum atomic E-state index is 13.3.